The maximum Gasteiger partial charge on any atom is 0.270 e. The summed E-state index contributed by atoms with van der Waals surface area (Å²) in [5, 5.41) is 0. The maximum absolute atomic E-state index is 13.5. The molecule has 1 saturated heterocycles. The molecule has 4 rings (SSSR count). The van der Waals surface area contributed by atoms with Crippen LogP contribution in [0.5, 0.6) is 0 Å². The number of carbonyl (C=O) groups is 1. The molecule has 1 fully saturated rings. The summed E-state index contributed by atoms with van der Waals surface area (Å²) in [6.07, 6.45) is 4.42. The number of carbonyl (C=O) groups excluding carboxylic acids is 1. The Hall–Kier alpha value is -2.53. The molecule has 0 saturated carbocycles. The minimum absolute atomic E-state index is 0.0996. The number of aromatic nitrogens is 1. The zero-order valence-electron chi connectivity index (χ0n) is 19.8. The summed E-state index contributed by atoms with van der Waals surface area (Å²) in [5.74, 6) is 1.91. The molecule has 1 aliphatic heterocycles. The zero-order chi connectivity index (χ0) is 22.5. The molecule has 0 aliphatic carbocycles. The molecule has 32 heavy (non-hydrogen) atoms. The van der Waals surface area contributed by atoms with Crippen LogP contribution in [0.4, 0.5) is 0 Å². The SMILES string of the molecule is CCCN(CCC)C(=O)c1cc2oc(CN3CCC(C)CC3)cc2n1Cc1ccccc1. The number of hydrogen-bond donors (Lipinski definition) is 0. The quantitative estimate of drug-likeness (QED) is 0.428. The number of amides is 1. The summed E-state index contributed by atoms with van der Waals surface area (Å²) in [6.45, 7) is 11.9. The Balaban J connectivity index is 1.65. The van der Waals surface area contributed by atoms with Gasteiger partial charge in [-0.1, -0.05) is 51.1 Å². The summed E-state index contributed by atoms with van der Waals surface area (Å²) >= 11 is 0. The first-order chi connectivity index (χ1) is 15.6. The van der Waals surface area contributed by atoms with Crippen molar-refractivity contribution in [2.45, 2.75) is 59.5 Å². The Kier molecular flexibility index (Phi) is 7.36. The van der Waals surface area contributed by atoms with Crippen LogP contribution in [0.25, 0.3) is 11.1 Å². The van der Waals surface area contributed by atoms with Crippen LogP contribution in [0.3, 0.4) is 0 Å². The molecule has 0 radical (unpaired) electrons. The first-order valence-electron chi connectivity index (χ1n) is 12.3. The van der Waals surface area contributed by atoms with E-state index in [1.807, 2.05) is 17.0 Å². The second-order valence-electron chi connectivity index (χ2n) is 9.31. The fourth-order valence-electron chi connectivity index (χ4n) is 4.74. The van der Waals surface area contributed by atoms with Crippen molar-refractivity contribution in [2.75, 3.05) is 26.2 Å². The third-order valence-corrected chi connectivity index (χ3v) is 6.57. The zero-order valence-corrected chi connectivity index (χ0v) is 19.8. The van der Waals surface area contributed by atoms with Crippen molar-refractivity contribution in [3.8, 4) is 0 Å². The Labute approximate surface area is 192 Å². The smallest absolute Gasteiger partial charge is 0.270 e. The van der Waals surface area contributed by atoms with Crippen LogP contribution >= 0.6 is 0 Å². The summed E-state index contributed by atoms with van der Waals surface area (Å²) in [6, 6.07) is 14.5. The molecule has 0 atom stereocenters. The summed E-state index contributed by atoms with van der Waals surface area (Å²) < 4.78 is 8.42. The van der Waals surface area contributed by atoms with E-state index in [0.29, 0.717) is 6.54 Å². The van der Waals surface area contributed by atoms with Crippen LogP contribution < -0.4 is 0 Å². The van der Waals surface area contributed by atoms with Gasteiger partial charge in [-0.05, 0) is 50.3 Å². The van der Waals surface area contributed by atoms with E-state index in [9.17, 15) is 4.79 Å². The average molecular weight is 436 g/mol. The van der Waals surface area contributed by atoms with E-state index in [2.05, 4.69) is 60.6 Å². The number of furan rings is 1. The molecular formula is C27H37N3O2. The lowest BCUT2D eigenvalue weighted by atomic mass is 9.99. The standard InChI is InChI=1S/C27H37N3O2/c1-4-13-29(14-5-2)27(31)25-18-26-24(30(25)19-22-9-7-6-8-10-22)17-23(32-26)20-28-15-11-21(3)12-16-28/h6-10,17-18,21H,4-5,11-16,19-20H2,1-3H3. The largest absolute Gasteiger partial charge is 0.458 e. The van der Waals surface area contributed by atoms with Gasteiger partial charge in [-0.2, -0.15) is 0 Å². The third kappa shape index (κ3) is 5.09. The van der Waals surface area contributed by atoms with E-state index in [1.165, 1.54) is 18.4 Å². The highest BCUT2D eigenvalue weighted by molar-refractivity contribution is 5.97. The van der Waals surface area contributed by atoms with Gasteiger partial charge in [0.15, 0.2) is 5.58 Å². The normalized spacial score (nSPS) is 15.5. The molecule has 3 heterocycles. The van der Waals surface area contributed by atoms with Crippen molar-refractivity contribution >= 4 is 17.0 Å². The van der Waals surface area contributed by atoms with E-state index in [1.54, 1.807) is 0 Å². The minimum Gasteiger partial charge on any atom is -0.458 e. The van der Waals surface area contributed by atoms with Crippen LogP contribution in [0.15, 0.2) is 46.9 Å². The van der Waals surface area contributed by atoms with E-state index in [0.717, 1.165) is 74.0 Å². The predicted molar refractivity (Wildman–Crippen MR) is 130 cm³/mol. The average Bonchev–Trinajstić information content (AvgIpc) is 3.34. The van der Waals surface area contributed by atoms with Gasteiger partial charge in [0.2, 0.25) is 0 Å². The third-order valence-electron chi connectivity index (χ3n) is 6.57. The van der Waals surface area contributed by atoms with Crippen LogP contribution in [0, 0.1) is 5.92 Å². The second-order valence-corrected chi connectivity index (χ2v) is 9.31. The second kappa shape index (κ2) is 10.4. The van der Waals surface area contributed by atoms with E-state index in [4.69, 9.17) is 4.42 Å². The molecule has 2 aromatic heterocycles. The van der Waals surface area contributed by atoms with Crippen LogP contribution in [-0.2, 0) is 13.1 Å². The van der Waals surface area contributed by atoms with Gasteiger partial charge in [0.1, 0.15) is 11.5 Å². The molecule has 0 bridgehead atoms. The number of benzene rings is 1. The van der Waals surface area contributed by atoms with Gasteiger partial charge in [-0.15, -0.1) is 0 Å². The molecule has 5 nitrogen and oxygen atoms in total. The molecule has 1 amide bonds. The molecule has 0 unspecified atom stereocenters. The fraction of sp³-hybridized carbons (Fsp3) is 0.519. The van der Waals surface area contributed by atoms with Gasteiger partial charge in [-0.25, -0.2) is 0 Å². The predicted octanol–water partition coefficient (Wildman–Crippen LogP) is 5.78. The van der Waals surface area contributed by atoms with Crippen LogP contribution in [-0.4, -0.2) is 46.5 Å². The minimum atomic E-state index is 0.0996. The van der Waals surface area contributed by atoms with Gasteiger partial charge in [0.25, 0.3) is 5.91 Å². The highest BCUT2D eigenvalue weighted by Crippen LogP contribution is 2.28. The van der Waals surface area contributed by atoms with E-state index in [-0.39, 0.29) is 5.91 Å². The molecule has 0 spiro atoms. The van der Waals surface area contributed by atoms with Crippen LogP contribution in [0.2, 0.25) is 0 Å². The fourth-order valence-corrected chi connectivity index (χ4v) is 4.74. The maximum atomic E-state index is 13.5. The molecule has 0 N–H and O–H groups in total. The highest BCUT2D eigenvalue weighted by atomic mass is 16.3. The first-order valence-corrected chi connectivity index (χ1v) is 12.3. The Morgan fingerprint density at radius 3 is 2.38 bits per heavy atom. The Morgan fingerprint density at radius 2 is 1.72 bits per heavy atom. The van der Waals surface area contributed by atoms with E-state index >= 15 is 0 Å². The molecule has 1 aliphatic rings. The molecule has 5 heteroatoms. The van der Waals surface area contributed by atoms with Crippen LogP contribution in [0.1, 0.15) is 68.3 Å². The lowest BCUT2D eigenvalue weighted by molar-refractivity contribution is 0.0745. The van der Waals surface area contributed by atoms with Crippen molar-refractivity contribution in [2.24, 2.45) is 5.92 Å². The highest BCUT2D eigenvalue weighted by Gasteiger charge is 2.24. The van der Waals surface area contributed by atoms with Gasteiger partial charge in [0.05, 0.1) is 12.1 Å². The number of nitrogens with zero attached hydrogens (tertiary/aromatic N) is 3. The van der Waals surface area contributed by atoms with Crippen molar-refractivity contribution in [1.82, 2.24) is 14.4 Å². The Bertz CT molecular complexity index is 1010. The van der Waals surface area contributed by atoms with Gasteiger partial charge >= 0.3 is 0 Å². The number of piperidine rings is 1. The summed E-state index contributed by atoms with van der Waals surface area (Å²) in [4.78, 5) is 18.0. The van der Waals surface area contributed by atoms with Gasteiger partial charge in [0, 0.05) is 31.8 Å². The van der Waals surface area contributed by atoms with E-state index < -0.39 is 0 Å². The van der Waals surface area contributed by atoms with Crippen molar-refractivity contribution in [3.05, 3.63) is 59.5 Å². The van der Waals surface area contributed by atoms with Crippen molar-refractivity contribution < 1.29 is 9.21 Å². The topological polar surface area (TPSA) is 41.6 Å². The van der Waals surface area contributed by atoms with Gasteiger partial charge < -0.3 is 13.9 Å². The van der Waals surface area contributed by atoms with Crippen molar-refractivity contribution in [3.63, 3.8) is 0 Å². The van der Waals surface area contributed by atoms with Gasteiger partial charge in [-0.3, -0.25) is 9.69 Å². The lowest BCUT2D eigenvalue weighted by Gasteiger charge is -2.29. The molecule has 172 valence electrons. The number of fused-ring (bicyclic) bond motifs is 1. The molecule has 3 aromatic rings. The lowest BCUT2D eigenvalue weighted by Crippen LogP contribution is -2.34. The van der Waals surface area contributed by atoms with Crippen molar-refractivity contribution in [1.29, 1.82) is 0 Å². The molecule has 1 aromatic carbocycles. The molecular weight excluding hydrogens is 398 g/mol. The number of rotatable bonds is 9. The summed E-state index contributed by atoms with van der Waals surface area (Å²) in [7, 11) is 0. The number of likely N-dealkylation sites (tertiary alicyclic amines) is 1. The monoisotopic (exact) mass is 435 g/mol. The number of hydrogen-bond acceptors (Lipinski definition) is 3. The first kappa shape index (κ1) is 22.7. The Morgan fingerprint density at radius 1 is 1.03 bits per heavy atom. The summed E-state index contributed by atoms with van der Waals surface area (Å²) in [5.41, 5.74) is 3.75.